The van der Waals surface area contributed by atoms with Crippen molar-refractivity contribution in [2.75, 3.05) is 0 Å². The van der Waals surface area contributed by atoms with Gasteiger partial charge in [0.15, 0.2) is 5.41 Å². The van der Waals surface area contributed by atoms with Crippen LogP contribution >= 0.6 is 0 Å². The van der Waals surface area contributed by atoms with Crippen molar-refractivity contribution in [2.24, 2.45) is 5.73 Å². The van der Waals surface area contributed by atoms with Crippen molar-refractivity contribution >= 4 is 21.7 Å². The molecule has 2 aromatic rings. The van der Waals surface area contributed by atoms with Gasteiger partial charge in [0, 0.05) is 0 Å². The Morgan fingerprint density at radius 1 is 1.04 bits per heavy atom. The number of carboxylic acid groups (broad SMARTS) is 1. The van der Waals surface area contributed by atoms with Gasteiger partial charge in [0.1, 0.15) is 0 Å². The first-order chi connectivity index (χ1) is 11.8. The number of carbonyl (C=O) groups excluding carboxylic acids is 1. The van der Waals surface area contributed by atoms with Crippen LogP contribution in [0.5, 0.6) is 0 Å². The van der Waals surface area contributed by atoms with E-state index in [4.69, 9.17) is 5.73 Å². The number of carbonyl (C=O) groups is 2. The predicted octanol–water partition coefficient (Wildman–Crippen LogP) is 1.66. The van der Waals surface area contributed by atoms with Gasteiger partial charge in [-0.25, -0.2) is 8.42 Å². The van der Waals surface area contributed by atoms with Crippen molar-refractivity contribution in [3.8, 4) is 0 Å². The minimum Gasteiger partial charge on any atom is -0.480 e. The molecule has 0 aliphatic heterocycles. The van der Waals surface area contributed by atoms with Crippen LogP contribution in [-0.4, -0.2) is 25.4 Å². The molecule has 1 unspecified atom stereocenters. The Balaban J connectivity index is 2.16. The second kappa shape index (κ2) is 6.00. The quantitative estimate of drug-likeness (QED) is 0.806. The van der Waals surface area contributed by atoms with E-state index in [0.717, 1.165) is 0 Å². The number of benzene rings is 2. The Morgan fingerprint density at radius 2 is 1.72 bits per heavy atom. The van der Waals surface area contributed by atoms with E-state index in [2.05, 4.69) is 0 Å². The molecule has 0 saturated heterocycles. The fourth-order valence-corrected chi connectivity index (χ4v) is 4.69. The summed E-state index contributed by atoms with van der Waals surface area (Å²) in [4.78, 5) is 23.9. The van der Waals surface area contributed by atoms with Gasteiger partial charge in [-0.1, -0.05) is 24.3 Å². The number of aryl methyl sites for hydroxylation is 1. The van der Waals surface area contributed by atoms with E-state index in [9.17, 15) is 23.1 Å². The number of aliphatic carboxylic acids is 1. The topological polar surface area (TPSA) is 115 Å². The lowest BCUT2D eigenvalue weighted by Crippen LogP contribution is -2.50. The molecule has 1 aliphatic rings. The van der Waals surface area contributed by atoms with Gasteiger partial charge in [0.25, 0.3) is 0 Å². The smallest absolute Gasteiger partial charge is 0.323 e. The van der Waals surface area contributed by atoms with E-state index in [0.29, 0.717) is 18.4 Å². The Bertz CT molecular complexity index is 937. The second-order valence-corrected chi connectivity index (χ2v) is 8.01. The molecule has 0 aromatic heterocycles. The molecule has 0 bridgehead atoms. The first kappa shape index (κ1) is 17.2. The fourth-order valence-electron chi connectivity index (χ4n) is 3.36. The first-order valence-corrected chi connectivity index (χ1v) is 9.25. The number of primary amides is 1. The van der Waals surface area contributed by atoms with Gasteiger partial charge in [-0.3, -0.25) is 9.59 Å². The number of nitrogens with two attached hydrogens (primary N) is 1. The van der Waals surface area contributed by atoms with Crippen LogP contribution in [0.3, 0.4) is 0 Å². The zero-order valence-corrected chi connectivity index (χ0v) is 14.1. The van der Waals surface area contributed by atoms with Crippen LogP contribution in [0.4, 0.5) is 0 Å². The number of amides is 1. The molecular formula is C18H17NO5S. The Labute approximate surface area is 145 Å². The number of hydrogen-bond acceptors (Lipinski definition) is 4. The van der Waals surface area contributed by atoms with Gasteiger partial charge in [-0.2, -0.15) is 0 Å². The van der Waals surface area contributed by atoms with E-state index >= 15 is 0 Å². The third-order valence-electron chi connectivity index (χ3n) is 4.68. The summed E-state index contributed by atoms with van der Waals surface area (Å²) < 4.78 is 25.5. The molecule has 7 heteroatoms. The molecule has 0 saturated carbocycles. The minimum absolute atomic E-state index is 0.0723. The molecule has 3 rings (SSSR count). The van der Waals surface area contributed by atoms with Crippen molar-refractivity contribution in [3.05, 3.63) is 59.7 Å². The molecule has 1 amide bonds. The summed E-state index contributed by atoms with van der Waals surface area (Å²) in [5.41, 5.74) is 4.41. The summed E-state index contributed by atoms with van der Waals surface area (Å²) in [6, 6.07) is 12.2. The number of sulfone groups is 1. The molecule has 0 fully saturated rings. The lowest BCUT2D eigenvalue weighted by molar-refractivity contribution is -0.149. The maximum atomic E-state index is 12.7. The minimum atomic E-state index is -3.71. The molecule has 3 N–H and O–H groups in total. The predicted molar refractivity (Wildman–Crippen MR) is 89.8 cm³/mol. The van der Waals surface area contributed by atoms with Crippen LogP contribution < -0.4 is 5.73 Å². The van der Waals surface area contributed by atoms with Gasteiger partial charge in [0.2, 0.25) is 15.7 Å². The average Bonchev–Trinajstić information content (AvgIpc) is 2.60. The highest BCUT2D eigenvalue weighted by Crippen LogP contribution is 2.39. The van der Waals surface area contributed by atoms with Crippen LogP contribution in [0.1, 0.15) is 24.0 Å². The summed E-state index contributed by atoms with van der Waals surface area (Å²) in [7, 11) is -3.71. The molecule has 0 heterocycles. The van der Waals surface area contributed by atoms with E-state index in [1.165, 1.54) is 30.3 Å². The van der Waals surface area contributed by atoms with Gasteiger partial charge in [0.05, 0.1) is 9.79 Å². The van der Waals surface area contributed by atoms with Crippen molar-refractivity contribution < 1.29 is 23.1 Å². The van der Waals surface area contributed by atoms with Crippen molar-refractivity contribution in [3.63, 3.8) is 0 Å². The second-order valence-electron chi connectivity index (χ2n) is 6.06. The average molecular weight is 359 g/mol. The highest BCUT2D eigenvalue weighted by molar-refractivity contribution is 7.91. The summed E-state index contributed by atoms with van der Waals surface area (Å²) >= 11 is 0. The summed E-state index contributed by atoms with van der Waals surface area (Å²) in [5, 5.41) is 9.59. The lowest BCUT2D eigenvalue weighted by atomic mass is 9.69. The Hall–Kier alpha value is -2.67. The number of rotatable bonds is 4. The molecular weight excluding hydrogens is 342 g/mol. The maximum absolute atomic E-state index is 12.7. The fraction of sp³-hybridized carbons (Fsp3) is 0.222. The summed E-state index contributed by atoms with van der Waals surface area (Å²) in [6.45, 7) is 0. The van der Waals surface area contributed by atoms with Gasteiger partial charge in [-0.15, -0.1) is 0 Å². The van der Waals surface area contributed by atoms with E-state index < -0.39 is 27.1 Å². The number of fused-ring (bicyclic) bond motifs is 1. The van der Waals surface area contributed by atoms with Crippen LogP contribution in [0.2, 0.25) is 0 Å². The van der Waals surface area contributed by atoms with E-state index in [1.54, 1.807) is 18.2 Å². The van der Waals surface area contributed by atoms with Crippen LogP contribution in [0.25, 0.3) is 0 Å². The van der Waals surface area contributed by atoms with Gasteiger partial charge >= 0.3 is 5.97 Å². The van der Waals surface area contributed by atoms with Crippen LogP contribution in [0.15, 0.2) is 58.3 Å². The molecule has 25 heavy (non-hydrogen) atoms. The monoisotopic (exact) mass is 359 g/mol. The standard InChI is InChI=1S/C18H17NO5S/c19-16(20)18(17(21)22)10-4-5-12-11-14(8-9-15(12)18)25(23,24)13-6-2-1-3-7-13/h1-3,6-9,11H,4-5,10H2,(H2,19,20)(H,21,22). The summed E-state index contributed by atoms with van der Waals surface area (Å²) in [6.07, 6.45) is 1.04. The summed E-state index contributed by atoms with van der Waals surface area (Å²) in [5.74, 6) is -2.24. The lowest BCUT2D eigenvalue weighted by Gasteiger charge is -2.32. The zero-order chi connectivity index (χ0) is 18.2. The number of hydrogen-bond donors (Lipinski definition) is 2. The molecule has 1 atom stereocenters. The van der Waals surface area contributed by atoms with Gasteiger partial charge in [-0.05, 0) is 54.7 Å². The first-order valence-electron chi connectivity index (χ1n) is 7.77. The third kappa shape index (κ3) is 2.60. The molecule has 0 radical (unpaired) electrons. The molecule has 130 valence electrons. The van der Waals surface area contributed by atoms with Crippen molar-refractivity contribution in [1.82, 2.24) is 0 Å². The Kier molecular flexibility index (Phi) is 4.12. The van der Waals surface area contributed by atoms with E-state index in [1.807, 2.05) is 0 Å². The molecule has 1 aliphatic carbocycles. The highest BCUT2D eigenvalue weighted by atomic mass is 32.2. The normalized spacial score (nSPS) is 19.8. The van der Waals surface area contributed by atoms with Crippen molar-refractivity contribution in [1.29, 1.82) is 0 Å². The largest absolute Gasteiger partial charge is 0.480 e. The molecule has 6 nitrogen and oxygen atoms in total. The Morgan fingerprint density at radius 3 is 2.32 bits per heavy atom. The van der Waals surface area contributed by atoms with Crippen molar-refractivity contribution in [2.45, 2.75) is 34.5 Å². The number of carboxylic acids is 1. The maximum Gasteiger partial charge on any atom is 0.323 e. The van der Waals surface area contributed by atoms with E-state index in [-0.39, 0.29) is 21.8 Å². The zero-order valence-electron chi connectivity index (χ0n) is 13.3. The van der Waals surface area contributed by atoms with Crippen LogP contribution in [-0.2, 0) is 31.3 Å². The molecule has 0 spiro atoms. The van der Waals surface area contributed by atoms with Crippen LogP contribution in [0, 0.1) is 0 Å². The van der Waals surface area contributed by atoms with Gasteiger partial charge < -0.3 is 10.8 Å². The molecule has 2 aromatic carbocycles. The highest BCUT2D eigenvalue weighted by Gasteiger charge is 2.49. The third-order valence-corrected chi connectivity index (χ3v) is 6.45. The SMILES string of the molecule is NC(=O)C1(C(=O)O)CCCc2cc(S(=O)(=O)c3ccccc3)ccc21.